The first-order valence-corrected chi connectivity index (χ1v) is 2.79. The molecule has 0 saturated carbocycles. The van der Waals surface area contributed by atoms with Gasteiger partial charge in [0.1, 0.15) is 18.3 Å². The highest BCUT2D eigenvalue weighted by atomic mass is 16.6. The zero-order valence-corrected chi connectivity index (χ0v) is 4.41. The van der Waals surface area contributed by atoms with Crippen LogP contribution in [0.5, 0.6) is 0 Å². The minimum atomic E-state index is -0.352. The zero-order valence-electron chi connectivity index (χ0n) is 4.41. The number of ether oxygens (including phenoxy) is 2. The largest absolute Gasteiger partial charge is 0.388 e. The molecule has 2 aliphatic rings. The molecule has 3 heteroatoms. The zero-order chi connectivity index (χ0) is 5.56. The molecule has 0 unspecified atom stereocenters. The summed E-state index contributed by atoms with van der Waals surface area (Å²) in [5.74, 6) is 0. The molecule has 0 aromatic rings. The summed E-state index contributed by atoms with van der Waals surface area (Å²) in [7, 11) is 0. The molecular formula is C5H8O3. The van der Waals surface area contributed by atoms with Gasteiger partial charge in [-0.25, -0.2) is 0 Å². The van der Waals surface area contributed by atoms with Gasteiger partial charge in [0, 0.05) is 0 Å². The first-order valence-electron chi connectivity index (χ1n) is 2.79. The summed E-state index contributed by atoms with van der Waals surface area (Å²) in [4.78, 5) is 0. The maximum atomic E-state index is 9.08. The van der Waals surface area contributed by atoms with Gasteiger partial charge in [-0.1, -0.05) is 0 Å². The molecular weight excluding hydrogens is 108 g/mol. The predicted molar refractivity (Wildman–Crippen MR) is 25.5 cm³/mol. The molecule has 0 aromatic carbocycles. The van der Waals surface area contributed by atoms with E-state index >= 15 is 0 Å². The molecule has 2 bridgehead atoms. The number of fused-ring (bicyclic) bond motifs is 2. The fraction of sp³-hybridized carbons (Fsp3) is 1.00. The maximum absolute atomic E-state index is 9.08. The summed E-state index contributed by atoms with van der Waals surface area (Å²) < 4.78 is 10.2. The summed E-state index contributed by atoms with van der Waals surface area (Å²) >= 11 is 0. The number of rotatable bonds is 0. The monoisotopic (exact) mass is 116 g/mol. The van der Waals surface area contributed by atoms with Crippen LogP contribution in [0.2, 0.25) is 0 Å². The number of aliphatic hydroxyl groups is 1. The average molecular weight is 116 g/mol. The molecule has 2 atom stereocenters. The third-order valence-electron chi connectivity index (χ3n) is 1.71. The SMILES string of the molecule is OC1[C@@H]2CO[C@H]1CO2. The van der Waals surface area contributed by atoms with Gasteiger partial charge in [0.2, 0.25) is 0 Å². The van der Waals surface area contributed by atoms with Crippen molar-refractivity contribution >= 4 is 0 Å². The average Bonchev–Trinajstić information content (AvgIpc) is 2.29. The van der Waals surface area contributed by atoms with Gasteiger partial charge in [0.15, 0.2) is 0 Å². The van der Waals surface area contributed by atoms with Gasteiger partial charge in [-0.15, -0.1) is 0 Å². The fourth-order valence-corrected chi connectivity index (χ4v) is 1.17. The lowest BCUT2D eigenvalue weighted by Gasteiger charge is -2.08. The molecule has 2 aliphatic heterocycles. The minimum absolute atomic E-state index is 0.0278. The molecule has 3 nitrogen and oxygen atoms in total. The van der Waals surface area contributed by atoms with Crippen LogP contribution < -0.4 is 0 Å². The lowest BCUT2D eigenvalue weighted by atomic mass is 10.2. The summed E-state index contributed by atoms with van der Waals surface area (Å²) in [6.45, 7) is 1.15. The van der Waals surface area contributed by atoms with E-state index in [1.54, 1.807) is 0 Å². The fourth-order valence-electron chi connectivity index (χ4n) is 1.17. The van der Waals surface area contributed by atoms with Crippen molar-refractivity contribution < 1.29 is 14.6 Å². The lowest BCUT2D eigenvalue weighted by molar-refractivity contribution is -0.0376. The number of hydrogen-bond donors (Lipinski definition) is 1. The van der Waals surface area contributed by atoms with Crippen LogP contribution in [0.15, 0.2) is 0 Å². The van der Waals surface area contributed by atoms with Gasteiger partial charge < -0.3 is 14.6 Å². The van der Waals surface area contributed by atoms with E-state index in [4.69, 9.17) is 14.6 Å². The van der Waals surface area contributed by atoms with E-state index in [9.17, 15) is 0 Å². The Morgan fingerprint density at radius 1 is 1.12 bits per heavy atom. The molecule has 46 valence electrons. The van der Waals surface area contributed by atoms with E-state index in [1.165, 1.54) is 0 Å². The molecule has 0 spiro atoms. The van der Waals surface area contributed by atoms with Gasteiger partial charge in [0.05, 0.1) is 13.2 Å². The van der Waals surface area contributed by atoms with Crippen molar-refractivity contribution in [3.8, 4) is 0 Å². The van der Waals surface area contributed by atoms with Gasteiger partial charge in [-0.3, -0.25) is 0 Å². The first kappa shape index (κ1) is 4.73. The molecule has 0 aromatic heterocycles. The number of hydrogen-bond acceptors (Lipinski definition) is 3. The van der Waals surface area contributed by atoms with Crippen molar-refractivity contribution in [3.05, 3.63) is 0 Å². The second kappa shape index (κ2) is 1.43. The molecule has 2 rings (SSSR count). The second-order valence-electron chi connectivity index (χ2n) is 2.23. The van der Waals surface area contributed by atoms with Gasteiger partial charge in [-0.2, -0.15) is 0 Å². The Morgan fingerprint density at radius 2 is 1.62 bits per heavy atom. The first-order chi connectivity index (χ1) is 3.88. The highest BCUT2D eigenvalue weighted by Gasteiger charge is 2.42. The van der Waals surface area contributed by atoms with E-state index in [2.05, 4.69) is 0 Å². The third-order valence-corrected chi connectivity index (χ3v) is 1.71. The number of aliphatic hydroxyl groups excluding tert-OH is 1. The van der Waals surface area contributed by atoms with Crippen molar-refractivity contribution in [2.45, 2.75) is 18.3 Å². The van der Waals surface area contributed by atoms with Crippen molar-refractivity contribution in [1.29, 1.82) is 0 Å². The van der Waals surface area contributed by atoms with E-state index in [1.807, 2.05) is 0 Å². The summed E-state index contributed by atoms with van der Waals surface area (Å²) in [5.41, 5.74) is 0. The van der Waals surface area contributed by atoms with Gasteiger partial charge >= 0.3 is 0 Å². The summed E-state index contributed by atoms with van der Waals surface area (Å²) in [5, 5.41) is 9.08. The van der Waals surface area contributed by atoms with Gasteiger partial charge in [0.25, 0.3) is 0 Å². The molecule has 0 radical (unpaired) electrons. The van der Waals surface area contributed by atoms with Crippen LogP contribution in [-0.4, -0.2) is 36.6 Å². The predicted octanol–water partition coefficient (Wildman–Crippen LogP) is -0.855. The molecule has 1 N–H and O–H groups in total. The van der Waals surface area contributed by atoms with E-state index < -0.39 is 0 Å². The van der Waals surface area contributed by atoms with E-state index in [0.717, 1.165) is 0 Å². The molecule has 2 fully saturated rings. The van der Waals surface area contributed by atoms with Gasteiger partial charge in [-0.05, 0) is 0 Å². The third kappa shape index (κ3) is 0.438. The molecule has 2 heterocycles. The molecule has 8 heavy (non-hydrogen) atoms. The highest BCUT2D eigenvalue weighted by molar-refractivity contribution is 4.89. The topological polar surface area (TPSA) is 38.7 Å². The van der Waals surface area contributed by atoms with Crippen LogP contribution >= 0.6 is 0 Å². The Bertz CT molecular complexity index is 83.8. The highest BCUT2D eigenvalue weighted by Crippen LogP contribution is 2.24. The normalized spacial score (nSPS) is 52.9. The maximum Gasteiger partial charge on any atom is 0.111 e. The van der Waals surface area contributed by atoms with Crippen LogP contribution in [0.25, 0.3) is 0 Å². The Labute approximate surface area is 47.2 Å². The molecule has 0 aliphatic carbocycles. The Hall–Kier alpha value is -0.120. The van der Waals surface area contributed by atoms with E-state index in [0.29, 0.717) is 13.2 Å². The van der Waals surface area contributed by atoms with Crippen LogP contribution in [0, 0.1) is 0 Å². The smallest absolute Gasteiger partial charge is 0.111 e. The van der Waals surface area contributed by atoms with Crippen molar-refractivity contribution in [1.82, 2.24) is 0 Å². The Balaban J connectivity index is 2.16. The standard InChI is InChI=1S/C5H8O3/c6-5-3-1-7-4(5)2-8-3/h3-6H,1-2H2/t3-,4-/m0/s1. The lowest BCUT2D eigenvalue weighted by Crippen LogP contribution is -2.21. The van der Waals surface area contributed by atoms with Crippen LogP contribution in [-0.2, 0) is 9.47 Å². The van der Waals surface area contributed by atoms with E-state index in [-0.39, 0.29) is 18.3 Å². The van der Waals surface area contributed by atoms with Crippen LogP contribution in [0.1, 0.15) is 0 Å². The molecule has 0 amide bonds. The quantitative estimate of drug-likeness (QED) is 0.448. The van der Waals surface area contributed by atoms with Crippen LogP contribution in [0.3, 0.4) is 0 Å². The summed E-state index contributed by atoms with van der Waals surface area (Å²) in [6, 6.07) is 0. The molecule has 2 saturated heterocycles. The minimum Gasteiger partial charge on any atom is -0.388 e. The van der Waals surface area contributed by atoms with Crippen LogP contribution in [0.4, 0.5) is 0 Å². The Kier molecular flexibility index (Phi) is 0.848. The van der Waals surface area contributed by atoms with Crippen molar-refractivity contribution in [3.63, 3.8) is 0 Å². The second-order valence-corrected chi connectivity index (χ2v) is 2.23. The summed E-state index contributed by atoms with van der Waals surface area (Å²) in [6.07, 6.45) is -0.407. The van der Waals surface area contributed by atoms with Crippen molar-refractivity contribution in [2.75, 3.05) is 13.2 Å². The van der Waals surface area contributed by atoms with Crippen molar-refractivity contribution in [2.24, 2.45) is 0 Å². The Morgan fingerprint density at radius 3 is 1.75 bits per heavy atom.